The van der Waals surface area contributed by atoms with Gasteiger partial charge in [0, 0.05) is 50.6 Å². The van der Waals surface area contributed by atoms with Gasteiger partial charge in [0.25, 0.3) is 0 Å². The first-order valence-corrected chi connectivity index (χ1v) is 8.70. The van der Waals surface area contributed by atoms with Gasteiger partial charge in [-0.05, 0) is 19.4 Å². The lowest BCUT2D eigenvalue weighted by molar-refractivity contribution is -0.131. The minimum absolute atomic E-state index is 0.148. The van der Waals surface area contributed by atoms with Crippen LogP contribution in [-0.2, 0) is 11.2 Å². The third-order valence-electron chi connectivity index (χ3n) is 4.24. The van der Waals surface area contributed by atoms with E-state index >= 15 is 0 Å². The Morgan fingerprint density at radius 1 is 1.30 bits per heavy atom. The summed E-state index contributed by atoms with van der Waals surface area (Å²) in [5.74, 6) is 1.02. The smallest absolute Gasteiger partial charge is 0.219 e. The first kappa shape index (κ1) is 15.9. The maximum atomic E-state index is 11.6. The Hall–Kier alpha value is -1.95. The maximum absolute atomic E-state index is 11.6. The molecule has 2 heterocycles. The zero-order valence-electron chi connectivity index (χ0n) is 13.8. The predicted octanol–water partition coefficient (Wildman–Crippen LogP) is 2.49. The molecule has 0 N–H and O–H groups in total. The van der Waals surface area contributed by atoms with Gasteiger partial charge in [0.15, 0.2) is 0 Å². The number of aromatic nitrogens is 2. The number of nitrogens with zero attached hydrogens (tertiary/aromatic N) is 4. The number of amides is 1. The number of benzene rings is 1. The summed E-state index contributed by atoms with van der Waals surface area (Å²) in [6.45, 7) is 8.20. The number of rotatable bonds is 3. The van der Waals surface area contributed by atoms with E-state index in [1.54, 1.807) is 6.92 Å². The van der Waals surface area contributed by atoms with Crippen LogP contribution in [0.2, 0.25) is 0 Å². The zero-order chi connectivity index (χ0) is 16.4. The van der Waals surface area contributed by atoms with Crippen LogP contribution in [0.1, 0.15) is 30.8 Å². The van der Waals surface area contributed by atoms with Gasteiger partial charge in [-0.2, -0.15) is 4.37 Å². The number of carbonyl (C=O) groups is 1. The van der Waals surface area contributed by atoms with Gasteiger partial charge < -0.3 is 9.80 Å². The second-order valence-electron chi connectivity index (χ2n) is 6.16. The lowest BCUT2D eigenvalue weighted by Gasteiger charge is -2.39. The minimum Gasteiger partial charge on any atom is -0.343 e. The van der Waals surface area contributed by atoms with Crippen molar-refractivity contribution in [2.45, 2.75) is 33.2 Å². The molecule has 122 valence electrons. The number of hydrogen-bond donors (Lipinski definition) is 0. The SMILES string of the molecule is CC(=O)N1CCN(c2nc(Cc3ccc(C)cc3)ns2)CC1C. The Bertz CT molecular complexity index is 682. The van der Waals surface area contributed by atoms with Crippen LogP contribution in [0.3, 0.4) is 0 Å². The molecule has 1 fully saturated rings. The molecule has 23 heavy (non-hydrogen) atoms. The van der Waals surface area contributed by atoms with Gasteiger partial charge in [-0.1, -0.05) is 29.8 Å². The molecule has 6 heteroatoms. The van der Waals surface area contributed by atoms with E-state index in [1.807, 2.05) is 4.90 Å². The van der Waals surface area contributed by atoms with Crippen LogP contribution >= 0.6 is 11.5 Å². The van der Waals surface area contributed by atoms with Gasteiger partial charge in [0.2, 0.25) is 11.0 Å². The standard InChI is InChI=1S/C17H22N4OS/c1-12-4-6-15(7-5-12)10-16-18-17(23-19-16)20-8-9-21(14(3)22)13(2)11-20/h4-7,13H,8-11H2,1-3H3. The molecule has 0 aliphatic carbocycles. The Kier molecular flexibility index (Phi) is 4.61. The van der Waals surface area contributed by atoms with E-state index in [0.29, 0.717) is 0 Å². The molecule has 0 spiro atoms. The summed E-state index contributed by atoms with van der Waals surface area (Å²) >= 11 is 1.45. The summed E-state index contributed by atoms with van der Waals surface area (Å²) in [4.78, 5) is 20.4. The fourth-order valence-electron chi connectivity index (χ4n) is 2.93. The van der Waals surface area contributed by atoms with Crippen LogP contribution in [-0.4, -0.2) is 45.8 Å². The van der Waals surface area contributed by atoms with E-state index < -0.39 is 0 Å². The summed E-state index contributed by atoms with van der Waals surface area (Å²) in [7, 11) is 0. The molecular weight excluding hydrogens is 308 g/mol. The van der Waals surface area contributed by atoms with Gasteiger partial charge >= 0.3 is 0 Å². The van der Waals surface area contributed by atoms with E-state index in [-0.39, 0.29) is 11.9 Å². The van der Waals surface area contributed by atoms with Crippen molar-refractivity contribution < 1.29 is 4.79 Å². The van der Waals surface area contributed by atoms with E-state index in [1.165, 1.54) is 22.7 Å². The maximum Gasteiger partial charge on any atom is 0.219 e. The van der Waals surface area contributed by atoms with Crippen LogP contribution in [0, 0.1) is 6.92 Å². The van der Waals surface area contributed by atoms with Crippen molar-refractivity contribution in [3.05, 3.63) is 41.2 Å². The Morgan fingerprint density at radius 3 is 2.70 bits per heavy atom. The van der Waals surface area contributed by atoms with E-state index in [4.69, 9.17) is 0 Å². The molecule has 0 radical (unpaired) electrons. The third-order valence-corrected chi connectivity index (χ3v) is 5.06. The Morgan fingerprint density at radius 2 is 2.04 bits per heavy atom. The van der Waals surface area contributed by atoms with Crippen molar-refractivity contribution in [3.8, 4) is 0 Å². The Labute approximate surface area is 141 Å². The van der Waals surface area contributed by atoms with Crippen LogP contribution in [0.4, 0.5) is 5.13 Å². The Balaban J connectivity index is 1.65. The van der Waals surface area contributed by atoms with E-state index in [9.17, 15) is 4.79 Å². The monoisotopic (exact) mass is 330 g/mol. The molecule has 1 aromatic carbocycles. The minimum atomic E-state index is 0.148. The number of aryl methyl sites for hydroxylation is 1. The molecule has 3 rings (SSSR count). The molecule has 1 aromatic heterocycles. The van der Waals surface area contributed by atoms with Gasteiger partial charge in [-0.15, -0.1) is 0 Å². The van der Waals surface area contributed by atoms with E-state index in [0.717, 1.165) is 37.0 Å². The first-order chi connectivity index (χ1) is 11.0. The van der Waals surface area contributed by atoms with E-state index in [2.05, 4.69) is 52.4 Å². The van der Waals surface area contributed by atoms with Crippen molar-refractivity contribution in [3.63, 3.8) is 0 Å². The molecule has 0 bridgehead atoms. The highest BCUT2D eigenvalue weighted by Gasteiger charge is 2.27. The van der Waals surface area contributed by atoms with Gasteiger partial charge in [-0.25, -0.2) is 4.98 Å². The molecule has 2 aromatic rings. The van der Waals surface area contributed by atoms with Crippen LogP contribution in [0.25, 0.3) is 0 Å². The summed E-state index contributed by atoms with van der Waals surface area (Å²) < 4.78 is 4.50. The number of anilines is 1. The first-order valence-electron chi connectivity index (χ1n) is 7.93. The molecule has 5 nitrogen and oxygen atoms in total. The average Bonchev–Trinajstić information content (AvgIpc) is 2.97. The molecular formula is C17H22N4OS. The topological polar surface area (TPSA) is 49.3 Å². The van der Waals surface area contributed by atoms with Crippen LogP contribution in [0.5, 0.6) is 0 Å². The van der Waals surface area contributed by atoms with Crippen molar-refractivity contribution in [1.29, 1.82) is 0 Å². The summed E-state index contributed by atoms with van der Waals surface area (Å²) in [6.07, 6.45) is 0.764. The van der Waals surface area contributed by atoms with Crippen molar-refractivity contribution in [2.24, 2.45) is 0 Å². The second kappa shape index (κ2) is 6.66. The van der Waals surface area contributed by atoms with Gasteiger partial charge in [-0.3, -0.25) is 4.79 Å². The molecule has 1 unspecified atom stereocenters. The van der Waals surface area contributed by atoms with Crippen LogP contribution < -0.4 is 4.90 Å². The lowest BCUT2D eigenvalue weighted by Crippen LogP contribution is -2.53. The van der Waals surface area contributed by atoms with Gasteiger partial charge in [0.05, 0.1) is 0 Å². The molecule has 0 saturated carbocycles. The predicted molar refractivity (Wildman–Crippen MR) is 93.0 cm³/mol. The fraction of sp³-hybridized carbons (Fsp3) is 0.471. The molecule has 1 aliphatic rings. The second-order valence-corrected chi connectivity index (χ2v) is 6.89. The lowest BCUT2D eigenvalue weighted by atomic mass is 10.1. The molecule has 1 amide bonds. The summed E-state index contributed by atoms with van der Waals surface area (Å²) in [6, 6.07) is 8.70. The fourth-order valence-corrected chi connectivity index (χ4v) is 3.65. The molecule has 1 aliphatic heterocycles. The highest BCUT2D eigenvalue weighted by Crippen LogP contribution is 2.22. The van der Waals surface area contributed by atoms with Crippen LogP contribution in [0.15, 0.2) is 24.3 Å². The van der Waals surface area contributed by atoms with Crippen molar-refractivity contribution in [2.75, 3.05) is 24.5 Å². The highest BCUT2D eigenvalue weighted by atomic mass is 32.1. The van der Waals surface area contributed by atoms with Crippen molar-refractivity contribution >= 4 is 22.6 Å². The molecule has 1 saturated heterocycles. The number of carbonyl (C=O) groups excluding carboxylic acids is 1. The quantitative estimate of drug-likeness (QED) is 0.867. The number of hydrogen-bond acceptors (Lipinski definition) is 5. The average molecular weight is 330 g/mol. The zero-order valence-corrected chi connectivity index (χ0v) is 14.6. The summed E-state index contributed by atoms with van der Waals surface area (Å²) in [5, 5.41) is 0.960. The normalized spacial score (nSPS) is 18.3. The van der Waals surface area contributed by atoms with Gasteiger partial charge in [0.1, 0.15) is 5.82 Å². The number of piperazine rings is 1. The molecule has 1 atom stereocenters. The van der Waals surface area contributed by atoms with Crippen molar-refractivity contribution in [1.82, 2.24) is 14.3 Å². The third kappa shape index (κ3) is 3.69. The largest absolute Gasteiger partial charge is 0.343 e. The highest BCUT2D eigenvalue weighted by molar-refractivity contribution is 7.09. The summed E-state index contributed by atoms with van der Waals surface area (Å²) in [5.41, 5.74) is 2.49.